The lowest BCUT2D eigenvalue weighted by Gasteiger charge is -2.15. The highest BCUT2D eigenvalue weighted by molar-refractivity contribution is 5.39. The van der Waals surface area contributed by atoms with Crippen molar-refractivity contribution in [1.82, 2.24) is 15.1 Å². The summed E-state index contributed by atoms with van der Waals surface area (Å²) in [6, 6.07) is 0. The molecular formula is C13H21N3. The van der Waals surface area contributed by atoms with Crippen LogP contribution in [0.5, 0.6) is 0 Å². The minimum Gasteiger partial charge on any atom is -0.306 e. The fourth-order valence-corrected chi connectivity index (χ4v) is 1.46. The zero-order chi connectivity index (χ0) is 12.2. The summed E-state index contributed by atoms with van der Waals surface area (Å²) in [6.07, 6.45) is 1.99. The molecule has 1 N–H and O–H groups in total. The number of hydrogen-bond acceptors (Lipinski definition) is 2. The molecule has 0 aliphatic rings. The number of nitrogens with zero attached hydrogens (tertiary/aromatic N) is 2. The van der Waals surface area contributed by atoms with E-state index in [1.165, 1.54) is 0 Å². The van der Waals surface area contributed by atoms with Crippen LogP contribution < -0.4 is 5.32 Å². The van der Waals surface area contributed by atoms with Crippen LogP contribution in [0.4, 0.5) is 0 Å². The van der Waals surface area contributed by atoms with E-state index in [0.717, 1.165) is 24.3 Å². The van der Waals surface area contributed by atoms with E-state index in [9.17, 15) is 0 Å². The lowest BCUT2D eigenvalue weighted by molar-refractivity contribution is 0.552. The topological polar surface area (TPSA) is 29.9 Å². The Balaban J connectivity index is 2.90. The monoisotopic (exact) mass is 219 g/mol. The quantitative estimate of drug-likeness (QED) is 0.606. The van der Waals surface area contributed by atoms with Crippen LogP contribution in [0, 0.1) is 11.8 Å². The lowest BCUT2D eigenvalue weighted by atomic mass is 9.90. The zero-order valence-corrected chi connectivity index (χ0v) is 10.9. The van der Waals surface area contributed by atoms with Crippen molar-refractivity contribution in [2.45, 2.75) is 33.1 Å². The average Bonchev–Trinajstić information content (AvgIpc) is 2.54. The van der Waals surface area contributed by atoms with E-state index >= 15 is 0 Å². The molecule has 0 unspecified atom stereocenters. The Morgan fingerprint density at radius 1 is 1.44 bits per heavy atom. The Hall–Kier alpha value is -1.27. The summed E-state index contributed by atoms with van der Waals surface area (Å²) in [5.74, 6) is 6.29. The minimum atomic E-state index is 0.0451. The summed E-state index contributed by atoms with van der Waals surface area (Å²) in [5, 5.41) is 7.66. The van der Waals surface area contributed by atoms with Crippen LogP contribution in [0.15, 0.2) is 6.20 Å². The van der Waals surface area contributed by atoms with Gasteiger partial charge in [0.25, 0.3) is 0 Å². The summed E-state index contributed by atoms with van der Waals surface area (Å²) in [6.45, 7) is 10.2. The first-order valence-corrected chi connectivity index (χ1v) is 5.69. The fraction of sp³-hybridized carbons (Fsp3) is 0.615. The molecule has 0 saturated heterocycles. The van der Waals surface area contributed by atoms with Crippen LogP contribution in [0.3, 0.4) is 0 Å². The Bertz CT molecular complexity index is 399. The molecule has 0 fully saturated rings. The molecule has 1 aromatic heterocycles. The summed E-state index contributed by atoms with van der Waals surface area (Å²) in [5.41, 5.74) is 2.15. The first kappa shape index (κ1) is 12.8. The van der Waals surface area contributed by atoms with Gasteiger partial charge in [-0.1, -0.05) is 39.5 Å². The molecule has 0 bridgehead atoms. The van der Waals surface area contributed by atoms with Gasteiger partial charge in [-0.05, 0) is 6.54 Å². The first-order valence-electron chi connectivity index (χ1n) is 5.69. The molecule has 88 valence electrons. The SMILES string of the molecule is CCNCC#Cc1cn(C)nc1C(C)(C)C. The van der Waals surface area contributed by atoms with Gasteiger partial charge in [0, 0.05) is 18.7 Å². The second-order valence-corrected chi connectivity index (χ2v) is 4.90. The average molecular weight is 219 g/mol. The van der Waals surface area contributed by atoms with Crippen LogP contribution in [0.25, 0.3) is 0 Å². The third-order valence-electron chi connectivity index (χ3n) is 2.23. The Labute approximate surface area is 98.2 Å². The van der Waals surface area contributed by atoms with E-state index in [2.05, 4.69) is 50.0 Å². The van der Waals surface area contributed by atoms with Gasteiger partial charge in [0.1, 0.15) is 0 Å². The van der Waals surface area contributed by atoms with Gasteiger partial charge in [-0.15, -0.1) is 0 Å². The van der Waals surface area contributed by atoms with Crippen LogP contribution in [-0.2, 0) is 12.5 Å². The maximum atomic E-state index is 4.47. The van der Waals surface area contributed by atoms with Gasteiger partial charge in [0.15, 0.2) is 0 Å². The van der Waals surface area contributed by atoms with Crippen molar-refractivity contribution in [3.05, 3.63) is 17.5 Å². The predicted molar refractivity (Wildman–Crippen MR) is 67.3 cm³/mol. The minimum absolute atomic E-state index is 0.0451. The van der Waals surface area contributed by atoms with Gasteiger partial charge in [-0.25, -0.2) is 0 Å². The van der Waals surface area contributed by atoms with Crippen molar-refractivity contribution in [2.24, 2.45) is 7.05 Å². The second kappa shape index (κ2) is 5.18. The number of nitrogens with one attached hydrogen (secondary N) is 1. The zero-order valence-electron chi connectivity index (χ0n) is 10.9. The number of hydrogen-bond donors (Lipinski definition) is 1. The van der Waals surface area contributed by atoms with Crippen LogP contribution in [-0.4, -0.2) is 22.9 Å². The van der Waals surface area contributed by atoms with Gasteiger partial charge in [0.05, 0.1) is 17.8 Å². The van der Waals surface area contributed by atoms with Crippen LogP contribution >= 0.6 is 0 Å². The summed E-state index contributed by atoms with van der Waals surface area (Å²) < 4.78 is 1.83. The molecule has 16 heavy (non-hydrogen) atoms. The summed E-state index contributed by atoms with van der Waals surface area (Å²) in [7, 11) is 1.94. The van der Waals surface area contributed by atoms with Crippen molar-refractivity contribution >= 4 is 0 Å². The van der Waals surface area contributed by atoms with Crippen molar-refractivity contribution in [3.63, 3.8) is 0 Å². The highest BCUT2D eigenvalue weighted by Gasteiger charge is 2.20. The number of rotatable bonds is 2. The van der Waals surface area contributed by atoms with Gasteiger partial charge in [-0.2, -0.15) is 5.10 Å². The van der Waals surface area contributed by atoms with E-state index in [4.69, 9.17) is 0 Å². The summed E-state index contributed by atoms with van der Waals surface area (Å²) >= 11 is 0. The second-order valence-electron chi connectivity index (χ2n) is 4.90. The molecular weight excluding hydrogens is 198 g/mol. The molecule has 0 aliphatic heterocycles. The largest absolute Gasteiger partial charge is 0.306 e. The lowest BCUT2D eigenvalue weighted by Crippen LogP contribution is -2.14. The van der Waals surface area contributed by atoms with Crippen LogP contribution in [0.1, 0.15) is 39.0 Å². The molecule has 3 nitrogen and oxygen atoms in total. The first-order chi connectivity index (χ1) is 7.45. The van der Waals surface area contributed by atoms with E-state index < -0.39 is 0 Å². The van der Waals surface area contributed by atoms with Crippen LogP contribution in [0.2, 0.25) is 0 Å². The van der Waals surface area contributed by atoms with E-state index in [1.807, 2.05) is 17.9 Å². The standard InChI is InChI=1S/C13H21N3/c1-6-14-9-7-8-11-10-16(5)15-12(11)13(2,3)4/h10,14H,6,9H2,1-5H3. The highest BCUT2D eigenvalue weighted by atomic mass is 15.3. The molecule has 0 spiro atoms. The van der Waals surface area contributed by atoms with E-state index in [-0.39, 0.29) is 5.41 Å². The normalized spacial score (nSPS) is 11.1. The maximum Gasteiger partial charge on any atom is 0.0834 e. The van der Waals surface area contributed by atoms with Gasteiger partial charge >= 0.3 is 0 Å². The summed E-state index contributed by atoms with van der Waals surface area (Å²) in [4.78, 5) is 0. The van der Waals surface area contributed by atoms with Gasteiger partial charge < -0.3 is 5.32 Å². The van der Waals surface area contributed by atoms with Crippen molar-refractivity contribution in [1.29, 1.82) is 0 Å². The third-order valence-corrected chi connectivity index (χ3v) is 2.23. The van der Waals surface area contributed by atoms with E-state index in [1.54, 1.807) is 0 Å². The van der Waals surface area contributed by atoms with Crippen molar-refractivity contribution < 1.29 is 0 Å². The smallest absolute Gasteiger partial charge is 0.0834 e. The fourth-order valence-electron chi connectivity index (χ4n) is 1.46. The predicted octanol–water partition coefficient (Wildman–Crippen LogP) is 1.68. The maximum absolute atomic E-state index is 4.47. The number of aryl methyl sites for hydroxylation is 1. The molecule has 1 rings (SSSR count). The molecule has 0 saturated carbocycles. The van der Waals surface area contributed by atoms with Crippen molar-refractivity contribution in [3.8, 4) is 11.8 Å². The molecule has 1 heterocycles. The Morgan fingerprint density at radius 2 is 2.12 bits per heavy atom. The molecule has 0 atom stereocenters. The Kier molecular flexibility index (Phi) is 4.14. The highest BCUT2D eigenvalue weighted by Crippen LogP contribution is 2.23. The molecule has 0 radical (unpaired) electrons. The molecule has 3 heteroatoms. The van der Waals surface area contributed by atoms with E-state index in [0.29, 0.717) is 0 Å². The number of aromatic nitrogens is 2. The molecule has 0 amide bonds. The van der Waals surface area contributed by atoms with Gasteiger partial charge in [0.2, 0.25) is 0 Å². The third kappa shape index (κ3) is 3.39. The van der Waals surface area contributed by atoms with Crippen molar-refractivity contribution in [2.75, 3.05) is 13.1 Å². The van der Waals surface area contributed by atoms with Gasteiger partial charge in [-0.3, -0.25) is 4.68 Å². The Morgan fingerprint density at radius 3 is 2.69 bits per heavy atom. The molecule has 0 aliphatic carbocycles. The molecule has 1 aromatic rings. The molecule has 0 aromatic carbocycles.